The summed E-state index contributed by atoms with van der Waals surface area (Å²) in [6, 6.07) is 5.98. The van der Waals surface area contributed by atoms with E-state index in [-0.39, 0.29) is 11.1 Å². The Morgan fingerprint density at radius 3 is 2.56 bits per heavy atom. The van der Waals surface area contributed by atoms with E-state index in [0.29, 0.717) is 5.56 Å². The Hall–Kier alpha value is -1.90. The second kappa shape index (κ2) is 4.75. The number of carbonyl (C=O) groups is 1. The summed E-state index contributed by atoms with van der Waals surface area (Å²) in [5, 5.41) is 36.2. The number of aryl methyl sites for hydroxylation is 1. The van der Waals surface area contributed by atoms with Crippen molar-refractivity contribution in [1.29, 1.82) is 5.26 Å². The highest BCUT2D eigenvalue weighted by Gasteiger charge is 2.24. The summed E-state index contributed by atoms with van der Waals surface area (Å²) in [4.78, 5) is 11.0. The summed E-state index contributed by atoms with van der Waals surface area (Å²) in [6.07, 6.45) is -3.16. The molecule has 5 nitrogen and oxygen atoms in total. The molecule has 0 heterocycles. The fraction of sp³-hybridized carbons (Fsp3) is 0.273. The van der Waals surface area contributed by atoms with Crippen LogP contribution in [0.2, 0.25) is 0 Å². The van der Waals surface area contributed by atoms with Crippen molar-refractivity contribution in [1.82, 2.24) is 0 Å². The largest absolute Gasteiger partial charge is 0.478 e. The number of aliphatic hydroxyl groups excluding tert-OH is 2. The second-order valence-electron chi connectivity index (χ2n) is 3.36. The van der Waals surface area contributed by atoms with Crippen LogP contribution in [0.4, 0.5) is 0 Å². The third-order valence-corrected chi connectivity index (χ3v) is 2.27. The van der Waals surface area contributed by atoms with Crippen LogP contribution in [0.5, 0.6) is 0 Å². The molecule has 3 N–H and O–H groups in total. The zero-order valence-corrected chi connectivity index (χ0v) is 8.58. The minimum absolute atomic E-state index is 0.0431. The van der Waals surface area contributed by atoms with Gasteiger partial charge in [-0.15, -0.1) is 0 Å². The van der Waals surface area contributed by atoms with Gasteiger partial charge in [0, 0.05) is 0 Å². The van der Waals surface area contributed by atoms with Gasteiger partial charge in [0.1, 0.15) is 6.10 Å². The highest BCUT2D eigenvalue weighted by Crippen LogP contribution is 2.23. The number of hydrogen-bond acceptors (Lipinski definition) is 4. The molecule has 0 aromatic heterocycles. The van der Waals surface area contributed by atoms with Gasteiger partial charge >= 0.3 is 5.97 Å². The van der Waals surface area contributed by atoms with Gasteiger partial charge in [-0.05, 0) is 18.1 Å². The van der Waals surface area contributed by atoms with E-state index < -0.39 is 18.2 Å². The summed E-state index contributed by atoms with van der Waals surface area (Å²) in [5.41, 5.74) is 0.431. The molecule has 0 fully saturated rings. The monoisotopic (exact) mass is 221 g/mol. The van der Waals surface area contributed by atoms with Gasteiger partial charge in [0.25, 0.3) is 0 Å². The van der Waals surface area contributed by atoms with Gasteiger partial charge in [-0.2, -0.15) is 5.26 Å². The number of nitrogens with zero attached hydrogens (tertiary/aromatic N) is 1. The quantitative estimate of drug-likeness (QED) is 0.649. The van der Waals surface area contributed by atoms with Gasteiger partial charge in [0.15, 0.2) is 6.10 Å². The van der Waals surface area contributed by atoms with Gasteiger partial charge in [-0.1, -0.05) is 18.2 Å². The van der Waals surface area contributed by atoms with Crippen molar-refractivity contribution in [2.75, 3.05) is 0 Å². The topological polar surface area (TPSA) is 102 Å². The molecular weight excluding hydrogens is 210 g/mol. The van der Waals surface area contributed by atoms with Gasteiger partial charge in [-0.3, -0.25) is 0 Å². The van der Waals surface area contributed by atoms with Crippen LogP contribution in [0.1, 0.15) is 27.6 Å². The average molecular weight is 221 g/mol. The first kappa shape index (κ1) is 12.2. The first-order chi connectivity index (χ1) is 7.49. The summed E-state index contributed by atoms with van der Waals surface area (Å²) in [7, 11) is 0. The maximum absolute atomic E-state index is 11.0. The summed E-state index contributed by atoms with van der Waals surface area (Å²) >= 11 is 0. The van der Waals surface area contributed by atoms with Crippen LogP contribution >= 0.6 is 0 Å². The number of carboxylic acids is 1. The van der Waals surface area contributed by atoms with E-state index in [4.69, 9.17) is 10.4 Å². The molecule has 0 radical (unpaired) electrons. The molecule has 0 bridgehead atoms. The van der Waals surface area contributed by atoms with E-state index in [1.54, 1.807) is 19.1 Å². The molecule has 0 aliphatic rings. The van der Waals surface area contributed by atoms with Crippen molar-refractivity contribution in [3.63, 3.8) is 0 Å². The van der Waals surface area contributed by atoms with E-state index in [9.17, 15) is 15.0 Å². The Kier molecular flexibility index (Phi) is 3.61. The summed E-state index contributed by atoms with van der Waals surface area (Å²) in [5.74, 6) is -1.20. The van der Waals surface area contributed by atoms with Crippen LogP contribution in [0.3, 0.4) is 0 Å². The Labute approximate surface area is 92.2 Å². The average Bonchev–Trinajstić information content (AvgIpc) is 2.26. The van der Waals surface area contributed by atoms with Crippen molar-refractivity contribution >= 4 is 5.97 Å². The number of nitriles is 1. The van der Waals surface area contributed by atoms with Crippen molar-refractivity contribution in [2.45, 2.75) is 19.1 Å². The first-order valence-corrected chi connectivity index (χ1v) is 4.57. The fourth-order valence-electron chi connectivity index (χ4n) is 1.47. The van der Waals surface area contributed by atoms with Gasteiger partial charge < -0.3 is 15.3 Å². The summed E-state index contributed by atoms with van der Waals surface area (Å²) in [6.45, 7) is 1.58. The number of rotatable bonds is 3. The molecular formula is C11H11NO4. The maximum atomic E-state index is 11.0. The van der Waals surface area contributed by atoms with E-state index >= 15 is 0 Å². The molecule has 0 amide bonds. The first-order valence-electron chi connectivity index (χ1n) is 4.57. The zero-order valence-electron chi connectivity index (χ0n) is 8.58. The molecule has 0 spiro atoms. The Balaban J connectivity index is 3.29. The third kappa shape index (κ3) is 2.19. The Morgan fingerprint density at radius 1 is 1.44 bits per heavy atom. The lowest BCUT2D eigenvalue weighted by molar-refractivity contribution is 0.0498. The molecule has 0 saturated carbocycles. The smallest absolute Gasteiger partial charge is 0.336 e. The zero-order chi connectivity index (χ0) is 12.3. The lowest BCUT2D eigenvalue weighted by Gasteiger charge is -2.15. The van der Waals surface area contributed by atoms with E-state index in [0.717, 1.165) is 0 Å². The van der Waals surface area contributed by atoms with Crippen molar-refractivity contribution < 1.29 is 20.1 Å². The fourth-order valence-corrected chi connectivity index (χ4v) is 1.47. The predicted octanol–water partition coefficient (Wildman–Crippen LogP) is 0.611. The molecule has 84 valence electrons. The molecule has 0 aliphatic carbocycles. The van der Waals surface area contributed by atoms with Crippen LogP contribution in [0.25, 0.3) is 0 Å². The highest BCUT2D eigenvalue weighted by atomic mass is 16.4. The Bertz CT molecular complexity index is 450. The van der Waals surface area contributed by atoms with Crippen molar-refractivity contribution in [2.24, 2.45) is 0 Å². The van der Waals surface area contributed by atoms with Crippen LogP contribution in [-0.4, -0.2) is 27.4 Å². The minimum Gasteiger partial charge on any atom is -0.478 e. The SMILES string of the molecule is Cc1cccc(C(O)C(O)C#N)c1C(=O)O. The van der Waals surface area contributed by atoms with E-state index in [1.807, 2.05) is 0 Å². The van der Waals surface area contributed by atoms with Crippen LogP contribution < -0.4 is 0 Å². The highest BCUT2D eigenvalue weighted by molar-refractivity contribution is 5.91. The number of aliphatic hydroxyl groups is 2. The van der Waals surface area contributed by atoms with E-state index in [1.165, 1.54) is 12.1 Å². The van der Waals surface area contributed by atoms with Gasteiger partial charge in [0.05, 0.1) is 11.6 Å². The second-order valence-corrected chi connectivity index (χ2v) is 3.36. The van der Waals surface area contributed by atoms with Crippen molar-refractivity contribution in [3.05, 3.63) is 34.9 Å². The lowest BCUT2D eigenvalue weighted by atomic mass is 9.95. The standard InChI is InChI=1S/C11H11NO4/c1-6-3-2-4-7(9(6)11(15)16)10(14)8(13)5-12/h2-4,8,10,13-14H,1H3,(H,15,16). The van der Waals surface area contributed by atoms with Crippen LogP contribution in [-0.2, 0) is 0 Å². The molecule has 2 atom stereocenters. The van der Waals surface area contributed by atoms with Gasteiger partial charge in [-0.25, -0.2) is 4.79 Å². The normalized spacial score (nSPS) is 13.9. The summed E-state index contributed by atoms with van der Waals surface area (Å²) < 4.78 is 0. The molecule has 1 rings (SSSR count). The third-order valence-electron chi connectivity index (χ3n) is 2.27. The molecule has 5 heteroatoms. The number of aromatic carboxylic acids is 1. The molecule has 0 aliphatic heterocycles. The molecule has 1 aromatic rings. The molecule has 1 aromatic carbocycles. The molecule has 2 unspecified atom stereocenters. The molecule has 0 saturated heterocycles. The predicted molar refractivity (Wildman–Crippen MR) is 54.7 cm³/mol. The lowest BCUT2D eigenvalue weighted by Crippen LogP contribution is -2.19. The van der Waals surface area contributed by atoms with Gasteiger partial charge in [0.2, 0.25) is 0 Å². The maximum Gasteiger partial charge on any atom is 0.336 e. The van der Waals surface area contributed by atoms with Crippen LogP contribution in [0.15, 0.2) is 18.2 Å². The van der Waals surface area contributed by atoms with Crippen molar-refractivity contribution in [3.8, 4) is 6.07 Å². The van der Waals surface area contributed by atoms with E-state index in [2.05, 4.69) is 0 Å². The minimum atomic E-state index is -1.64. The molecule has 16 heavy (non-hydrogen) atoms. The number of carboxylic acid groups (broad SMARTS) is 1. The Morgan fingerprint density at radius 2 is 2.06 bits per heavy atom. The van der Waals surface area contributed by atoms with Crippen LogP contribution in [0, 0.1) is 18.3 Å². The number of benzene rings is 1. The number of hydrogen-bond donors (Lipinski definition) is 3.